The minimum atomic E-state index is -0.712. The largest absolute Gasteiger partial charge is 0.481 e. The smallest absolute Gasteiger partial charge is 0.303 e. The molecule has 1 N–H and O–H groups in total. The quantitative estimate of drug-likeness (QED) is 0.305. The Hall–Kier alpha value is -1.57. The minimum absolute atomic E-state index is 0.262. The zero-order valence-corrected chi connectivity index (χ0v) is 14.0. The lowest BCUT2D eigenvalue weighted by molar-refractivity contribution is -0.137. The van der Waals surface area contributed by atoms with E-state index in [-0.39, 0.29) is 6.42 Å². The summed E-state index contributed by atoms with van der Waals surface area (Å²) in [7, 11) is 0. The minimum Gasteiger partial charge on any atom is -0.481 e. The van der Waals surface area contributed by atoms with Crippen LogP contribution in [-0.4, -0.2) is 11.1 Å². The molecule has 0 aromatic rings. The highest BCUT2D eigenvalue weighted by molar-refractivity contribution is 5.66. The van der Waals surface area contributed by atoms with Crippen molar-refractivity contribution in [1.82, 2.24) is 0 Å². The standard InChI is InChI=1S/C20H32O2/c1-2-3-4-5-6-7-8-9-10-11-12-13-14-15-16-17-18-19-20(21)22/h6-7,9-10,12-13,15-16H,2-5,8,11,14,17-19H2,1H3,(H,21,22)/b7-6-,10-9-,13-12-,16-15+. The maximum Gasteiger partial charge on any atom is 0.303 e. The third kappa shape index (κ3) is 18.4. The first-order chi connectivity index (χ1) is 10.8. The Balaban J connectivity index is 3.40. The fraction of sp³-hybridized carbons (Fsp3) is 0.550. The van der Waals surface area contributed by atoms with Gasteiger partial charge in [0.15, 0.2) is 0 Å². The molecule has 2 nitrogen and oxygen atoms in total. The number of carboxylic acids is 1. The van der Waals surface area contributed by atoms with Gasteiger partial charge in [-0.2, -0.15) is 0 Å². The Labute approximate surface area is 136 Å². The molecule has 0 amide bonds. The maximum atomic E-state index is 10.3. The lowest BCUT2D eigenvalue weighted by Gasteiger charge is -1.90. The molecule has 0 unspecified atom stereocenters. The molecule has 0 saturated heterocycles. The topological polar surface area (TPSA) is 37.3 Å². The normalized spacial score (nSPS) is 12.4. The van der Waals surface area contributed by atoms with Gasteiger partial charge >= 0.3 is 5.97 Å². The van der Waals surface area contributed by atoms with Crippen LogP contribution in [0.4, 0.5) is 0 Å². The molecule has 124 valence electrons. The van der Waals surface area contributed by atoms with E-state index in [2.05, 4.69) is 55.5 Å². The van der Waals surface area contributed by atoms with Crippen LogP contribution in [-0.2, 0) is 4.79 Å². The van der Waals surface area contributed by atoms with E-state index in [4.69, 9.17) is 5.11 Å². The van der Waals surface area contributed by atoms with Gasteiger partial charge in [0.05, 0.1) is 0 Å². The van der Waals surface area contributed by atoms with Crippen LogP contribution in [0, 0.1) is 0 Å². The van der Waals surface area contributed by atoms with E-state index in [1.54, 1.807) is 0 Å². The van der Waals surface area contributed by atoms with E-state index in [0.29, 0.717) is 0 Å². The summed E-state index contributed by atoms with van der Waals surface area (Å²) in [5, 5.41) is 8.49. The van der Waals surface area contributed by atoms with E-state index in [0.717, 1.165) is 32.1 Å². The molecule has 0 bridgehead atoms. The van der Waals surface area contributed by atoms with Crippen LogP contribution in [0.5, 0.6) is 0 Å². The molecule has 0 aliphatic rings. The second kappa shape index (κ2) is 17.5. The fourth-order valence-electron chi connectivity index (χ4n) is 1.93. The molecule has 0 spiro atoms. The number of hydrogen-bond donors (Lipinski definition) is 1. The van der Waals surface area contributed by atoms with Crippen LogP contribution in [0.15, 0.2) is 48.6 Å². The molecule has 0 radical (unpaired) electrons. The van der Waals surface area contributed by atoms with Gasteiger partial charge in [-0.25, -0.2) is 0 Å². The fourth-order valence-corrected chi connectivity index (χ4v) is 1.93. The van der Waals surface area contributed by atoms with Crippen LogP contribution < -0.4 is 0 Å². The van der Waals surface area contributed by atoms with Gasteiger partial charge in [0.1, 0.15) is 0 Å². The summed E-state index contributed by atoms with van der Waals surface area (Å²) in [5.74, 6) is -0.712. The second-order valence-corrected chi connectivity index (χ2v) is 5.37. The zero-order valence-electron chi connectivity index (χ0n) is 14.0. The third-order valence-electron chi connectivity index (χ3n) is 3.22. The highest BCUT2D eigenvalue weighted by Crippen LogP contribution is 2.01. The van der Waals surface area contributed by atoms with Gasteiger partial charge in [-0.3, -0.25) is 4.79 Å². The molecule has 0 aliphatic heterocycles. The second-order valence-electron chi connectivity index (χ2n) is 5.37. The van der Waals surface area contributed by atoms with Gasteiger partial charge in [-0.05, 0) is 44.9 Å². The van der Waals surface area contributed by atoms with Crippen molar-refractivity contribution in [2.75, 3.05) is 0 Å². The summed E-state index contributed by atoms with van der Waals surface area (Å²) >= 11 is 0. The number of carboxylic acid groups (broad SMARTS) is 1. The molecule has 0 saturated carbocycles. The van der Waals surface area contributed by atoms with Crippen LogP contribution >= 0.6 is 0 Å². The van der Waals surface area contributed by atoms with E-state index >= 15 is 0 Å². The average Bonchev–Trinajstić information content (AvgIpc) is 2.50. The number of aliphatic carboxylic acids is 1. The van der Waals surface area contributed by atoms with E-state index < -0.39 is 5.97 Å². The van der Waals surface area contributed by atoms with Crippen molar-refractivity contribution in [2.24, 2.45) is 0 Å². The summed E-state index contributed by atoms with van der Waals surface area (Å²) in [6.45, 7) is 2.23. The number of rotatable bonds is 14. The zero-order chi connectivity index (χ0) is 16.3. The first-order valence-corrected chi connectivity index (χ1v) is 8.59. The van der Waals surface area contributed by atoms with Gasteiger partial charge in [0.25, 0.3) is 0 Å². The number of allylic oxidation sites excluding steroid dienone is 8. The monoisotopic (exact) mass is 304 g/mol. The molecular weight excluding hydrogens is 272 g/mol. The Bertz CT molecular complexity index is 362. The van der Waals surface area contributed by atoms with E-state index in [1.165, 1.54) is 25.7 Å². The molecule has 0 rings (SSSR count). The van der Waals surface area contributed by atoms with Crippen molar-refractivity contribution in [1.29, 1.82) is 0 Å². The van der Waals surface area contributed by atoms with Crippen LogP contribution in [0.2, 0.25) is 0 Å². The third-order valence-corrected chi connectivity index (χ3v) is 3.22. The molecule has 0 aromatic heterocycles. The van der Waals surface area contributed by atoms with Gasteiger partial charge < -0.3 is 5.11 Å². The SMILES string of the molecule is CCCCC/C=C\C/C=C\C/C=C\C/C=C/CCCC(=O)O. The van der Waals surface area contributed by atoms with Gasteiger partial charge in [0.2, 0.25) is 0 Å². The van der Waals surface area contributed by atoms with Gasteiger partial charge in [-0.15, -0.1) is 0 Å². The highest BCUT2D eigenvalue weighted by atomic mass is 16.4. The molecule has 0 heterocycles. The first-order valence-electron chi connectivity index (χ1n) is 8.59. The summed E-state index contributed by atoms with van der Waals surface area (Å²) in [6, 6.07) is 0. The molecule has 0 atom stereocenters. The lowest BCUT2D eigenvalue weighted by atomic mass is 10.2. The van der Waals surface area contributed by atoms with Crippen molar-refractivity contribution < 1.29 is 9.90 Å². The average molecular weight is 304 g/mol. The predicted molar refractivity (Wildman–Crippen MR) is 96.0 cm³/mol. The Morgan fingerprint density at radius 1 is 0.727 bits per heavy atom. The number of hydrogen-bond acceptors (Lipinski definition) is 1. The van der Waals surface area contributed by atoms with Crippen molar-refractivity contribution in [3.05, 3.63) is 48.6 Å². The molecule has 2 heteroatoms. The van der Waals surface area contributed by atoms with E-state index in [1.807, 2.05) is 0 Å². The van der Waals surface area contributed by atoms with Crippen molar-refractivity contribution in [3.63, 3.8) is 0 Å². The van der Waals surface area contributed by atoms with Crippen molar-refractivity contribution in [3.8, 4) is 0 Å². The molecule has 0 aromatic carbocycles. The van der Waals surface area contributed by atoms with Crippen molar-refractivity contribution >= 4 is 5.97 Å². The maximum absolute atomic E-state index is 10.3. The van der Waals surface area contributed by atoms with E-state index in [9.17, 15) is 4.79 Å². The number of unbranched alkanes of at least 4 members (excludes halogenated alkanes) is 4. The van der Waals surface area contributed by atoms with Crippen LogP contribution in [0.3, 0.4) is 0 Å². The van der Waals surface area contributed by atoms with Crippen molar-refractivity contribution in [2.45, 2.75) is 71.1 Å². The molecule has 0 fully saturated rings. The Morgan fingerprint density at radius 2 is 1.18 bits per heavy atom. The lowest BCUT2D eigenvalue weighted by Crippen LogP contribution is -1.92. The highest BCUT2D eigenvalue weighted by Gasteiger charge is 1.92. The molecule has 0 aliphatic carbocycles. The Morgan fingerprint density at radius 3 is 1.64 bits per heavy atom. The summed E-state index contributed by atoms with van der Waals surface area (Å²) in [5.41, 5.74) is 0. The Kier molecular flexibility index (Phi) is 16.2. The summed E-state index contributed by atoms with van der Waals surface area (Å²) in [4.78, 5) is 10.3. The molecule has 22 heavy (non-hydrogen) atoms. The predicted octanol–water partition coefficient (Wildman–Crippen LogP) is 6.22. The number of carbonyl (C=O) groups is 1. The summed E-state index contributed by atoms with van der Waals surface area (Å²) in [6.07, 6.45) is 27.3. The summed E-state index contributed by atoms with van der Waals surface area (Å²) < 4.78 is 0. The van der Waals surface area contributed by atoms with Crippen LogP contribution in [0.1, 0.15) is 71.1 Å². The molecular formula is C20H32O2. The van der Waals surface area contributed by atoms with Gasteiger partial charge in [0, 0.05) is 6.42 Å². The van der Waals surface area contributed by atoms with Crippen LogP contribution in [0.25, 0.3) is 0 Å². The van der Waals surface area contributed by atoms with Gasteiger partial charge in [-0.1, -0.05) is 68.4 Å². The first kappa shape index (κ1) is 20.4.